The average Bonchev–Trinajstić information content (AvgIpc) is 2.42. The van der Waals surface area contributed by atoms with Gasteiger partial charge in [-0.2, -0.15) is 10.2 Å². The molecule has 0 bridgehead atoms. The van der Waals surface area contributed by atoms with Crippen LogP contribution in [0.15, 0.2) is 28.7 Å². The Kier molecular flexibility index (Phi) is 4.60. The van der Waals surface area contributed by atoms with Crippen molar-refractivity contribution in [3.63, 3.8) is 0 Å². The molecule has 104 valence electrons. The number of hydrogen-bond acceptors (Lipinski definition) is 3. The summed E-state index contributed by atoms with van der Waals surface area (Å²) in [7, 11) is 0. The smallest absolute Gasteiger partial charge is 0.169 e. The fourth-order valence-electron chi connectivity index (χ4n) is 1.96. The summed E-state index contributed by atoms with van der Waals surface area (Å²) in [5.74, 6) is -0.429. The molecule has 0 spiro atoms. The third-order valence-corrected chi connectivity index (χ3v) is 3.76. The first kappa shape index (κ1) is 14.8. The molecular weight excluding hydrogens is 323 g/mol. The molecule has 0 atom stereocenters. The van der Waals surface area contributed by atoms with Gasteiger partial charge in [0.15, 0.2) is 5.78 Å². The Hall–Kier alpha value is -1.62. The second-order valence-electron chi connectivity index (χ2n) is 4.54. The zero-order valence-electron chi connectivity index (χ0n) is 11.3. The number of nitrogens with zero attached hydrogens (tertiary/aromatic N) is 2. The molecule has 0 aliphatic rings. The molecule has 1 aromatic carbocycles. The summed E-state index contributed by atoms with van der Waals surface area (Å²) in [5, 5.41) is 8.00. The van der Waals surface area contributed by atoms with Crippen LogP contribution in [0.25, 0.3) is 0 Å². The van der Waals surface area contributed by atoms with Crippen LogP contribution in [0.4, 0.5) is 4.39 Å². The molecule has 0 saturated carbocycles. The first-order chi connectivity index (χ1) is 9.51. The van der Waals surface area contributed by atoms with Crippen LogP contribution in [0, 0.1) is 12.7 Å². The number of Topliss-reactive ketones (excluding diaryl/α,β-unsaturated/α-hetero) is 1. The van der Waals surface area contributed by atoms with Gasteiger partial charge >= 0.3 is 0 Å². The minimum absolute atomic E-state index is 0.0776. The van der Waals surface area contributed by atoms with Gasteiger partial charge in [-0.15, -0.1) is 0 Å². The lowest BCUT2D eigenvalue weighted by molar-refractivity contribution is 0.0991. The Morgan fingerprint density at radius 2 is 2.05 bits per heavy atom. The van der Waals surface area contributed by atoms with Crippen molar-refractivity contribution in [3.8, 4) is 0 Å². The number of aryl methyl sites for hydroxylation is 2. The minimum atomic E-state index is -0.351. The first-order valence-corrected chi connectivity index (χ1v) is 7.11. The van der Waals surface area contributed by atoms with Crippen molar-refractivity contribution in [2.45, 2.75) is 26.7 Å². The highest BCUT2D eigenvalue weighted by atomic mass is 79.9. The lowest BCUT2D eigenvalue weighted by atomic mass is 10.0. The molecule has 5 heteroatoms. The third kappa shape index (κ3) is 3.28. The van der Waals surface area contributed by atoms with Crippen LogP contribution < -0.4 is 0 Å². The van der Waals surface area contributed by atoms with E-state index in [1.165, 1.54) is 12.1 Å². The number of halogens is 2. The molecular formula is C15H14BrFN2O. The van der Waals surface area contributed by atoms with Crippen LogP contribution >= 0.6 is 15.9 Å². The lowest BCUT2D eigenvalue weighted by Gasteiger charge is -2.08. The van der Waals surface area contributed by atoms with Gasteiger partial charge in [-0.25, -0.2) is 4.39 Å². The predicted molar refractivity (Wildman–Crippen MR) is 78.3 cm³/mol. The van der Waals surface area contributed by atoms with E-state index < -0.39 is 0 Å². The van der Waals surface area contributed by atoms with Crippen molar-refractivity contribution in [2.75, 3.05) is 0 Å². The van der Waals surface area contributed by atoms with Gasteiger partial charge in [0.05, 0.1) is 11.4 Å². The normalized spacial score (nSPS) is 10.6. The van der Waals surface area contributed by atoms with Crippen molar-refractivity contribution in [1.29, 1.82) is 0 Å². The predicted octanol–water partition coefficient (Wildman–Crippen LogP) is 3.67. The van der Waals surface area contributed by atoms with E-state index in [2.05, 4.69) is 26.1 Å². The summed E-state index contributed by atoms with van der Waals surface area (Å²) in [6.07, 6.45) is 0.773. The van der Waals surface area contributed by atoms with E-state index in [9.17, 15) is 9.18 Å². The quantitative estimate of drug-likeness (QED) is 0.800. The summed E-state index contributed by atoms with van der Waals surface area (Å²) in [5.41, 5.74) is 2.57. The van der Waals surface area contributed by atoms with Crippen LogP contribution in [-0.4, -0.2) is 16.0 Å². The Bertz CT molecular complexity index is 658. The number of hydrogen-bond donors (Lipinski definition) is 0. The maximum absolute atomic E-state index is 13.3. The van der Waals surface area contributed by atoms with E-state index >= 15 is 0 Å². The Labute approximate surface area is 125 Å². The van der Waals surface area contributed by atoms with Crippen molar-refractivity contribution in [1.82, 2.24) is 10.2 Å². The minimum Gasteiger partial charge on any atom is -0.294 e. The van der Waals surface area contributed by atoms with Crippen molar-refractivity contribution in [3.05, 3.63) is 57.1 Å². The summed E-state index contributed by atoms with van der Waals surface area (Å²) in [6.45, 7) is 3.72. The van der Waals surface area contributed by atoms with Crippen LogP contribution in [-0.2, 0) is 12.8 Å². The fraction of sp³-hybridized carbons (Fsp3) is 0.267. The second kappa shape index (κ2) is 6.22. The molecule has 0 aliphatic carbocycles. The van der Waals surface area contributed by atoms with Gasteiger partial charge in [-0.05, 0) is 43.2 Å². The molecule has 0 fully saturated rings. The highest BCUT2D eigenvalue weighted by Gasteiger charge is 2.15. The summed E-state index contributed by atoms with van der Waals surface area (Å²) in [6, 6.07) is 6.07. The lowest BCUT2D eigenvalue weighted by Crippen LogP contribution is -2.10. The van der Waals surface area contributed by atoms with Crippen molar-refractivity contribution >= 4 is 21.7 Å². The zero-order valence-corrected chi connectivity index (χ0v) is 12.9. The summed E-state index contributed by atoms with van der Waals surface area (Å²) < 4.78 is 14.0. The maximum Gasteiger partial charge on any atom is 0.169 e. The highest BCUT2D eigenvalue weighted by Crippen LogP contribution is 2.20. The summed E-state index contributed by atoms with van der Waals surface area (Å²) in [4.78, 5) is 12.4. The van der Waals surface area contributed by atoms with Gasteiger partial charge in [-0.1, -0.05) is 22.9 Å². The number of aromatic nitrogens is 2. The largest absolute Gasteiger partial charge is 0.294 e. The molecule has 0 amide bonds. The number of carbonyl (C=O) groups is 1. The van der Waals surface area contributed by atoms with Crippen molar-refractivity contribution < 1.29 is 9.18 Å². The van der Waals surface area contributed by atoms with Crippen LogP contribution in [0.3, 0.4) is 0 Å². The topological polar surface area (TPSA) is 42.9 Å². The van der Waals surface area contributed by atoms with E-state index in [4.69, 9.17) is 0 Å². The molecule has 0 unspecified atom stereocenters. The molecule has 20 heavy (non-hydrogen) atoms. The number of benzene rings is 1. The molecule has 0 radical (unpaired) electrons. The van der Waals surface area contributed by atoms with Gasteiger partial charge in [0.25, 0.3) is 0 Å². The van der Waals surface area contributed by atoms with Crippen LogP contribution in [0.2, 0.25) is 0 Å². The molecule has 3 nitrogen and oxygen atoms in total. The fourth-order valence-corrected chi connectivity index (χ4v) is 2.35. The maximum atomic E-state index is 13.3. The molecule has 2 aromatic rings. The average molecular weight is 337 g/mol. The zero-order chi connectivity index (χ0) is 14.7. The molecule has 1 heterocycles. The molecule has 0 N–H and O–H groups in total. The second-order valence-corrected chi connectivity index (χ2v) is 5.39. The Morgan fingerprint density at radius 1 is 1.30 bits per heavy atom. The van der Waals surface area contributed by atoms with Crippen LogP contribution in [0.5, 0.6) is 0 Å². The third-order valence-electron chi connectivity index (χ3n) is 2.99. The van der Waals surface area contributed by atoms with Gasteiger partial charge in [0, 0.05) is 16.5 Å². The van der Waals surface area contributed by atoms with Gasteiger partial charge in [0.1, 0.15) is 5.82 Å². The number of rotatable bonds is 4. The van der Waals surface area contributed by atoms with E-state index in [1.807, 2.05) is 6.92 Å². The van der Waals surface area contributed by atoms with E-state index in [0.717, 1.165) is 4.47 Å². The monoisotopic (exact) mass is 336 g/mol. The summed E-state index contributed by atoms with van der Waals surface area (Å²) >= 11 is 3.33. The van der Waals surface area contributed by atoms with E-state index in [0.29, 0.717) is 28.9 Å². The van der Waals surface area contributed by atoms with E-state index in [1.54, 1.807) is 19.1 Å². The Morgan fingerprint density at radius 3 is 2.75 bits per heavy atom. The first-order valence-electron chi connectivity index (χ1n) is 6.31. The van der Waals surface area contributed by atoms with Gasteiger partial charge in [-0.3, -0.25) is 4.79 Å². The van der Waals surface area contributed by atoms with Crippen LogP contribution in [0.1, 0.15) is 34.2 Å². The number of carbonyl (C=O) groups excluding carboxylic acids is 1. The van der Waals surface area contributed by atoms with Gasteiger partial charge < -0.3 is 0 Å². The number of ketones is 1. The van der Waals surface area contributed by atoms with E-state index in [-0.39, 0.29) is 18.0 Å². The molecule has 1 aromatic heterocycles. The molecule has 2 rings (SSSR count). The van der Waals surface area contributed by atoms with Crippen molar-refractivity contribution in [2.24, 2.45) is 0 Å². The highest BCUT2D eigenvalue weighted by molar-refractivity contribution is 9.10. The molecule has 0 saturated heterocycles. The molecule has 0 aliphatic heterocycles. The van der Waals surface area contributed by atoms with Gasteiger partial charge in [0.2, 0.25) is 0 Å². The Balaban J connectivity index is 2.32. The SMILES string of the molecule is CCc1nnc(C)cc1C(=O)Cc1cc(F)ccc1Br. The standard InChI is InChI=1S/C15H14BrFN2O/c1-3-14-12(6-9(2)18-19-14)15(20)8-10-7-11(17)4-5-13(10)16/h4-7H,3,8H2,1-2H3.